The van der Waals surface area contributed by atoms with E-state index in [4.69, 9.17) is 0 Å². The Bertz CT molecular complexity index is 1370. The van der Waals surface area contributed by atoms with E-state index in [1.807, 2.05) is 47.8 Å². The maximum absolute atomic E-state index is 13.6. The van der Waals surface area contributed by atoms with Crippen molar-refractivity contribution in [2.45, 2.75) is 19.3 Å². The predicted octanol–water partition coefficient (Wildman–Crippen LogP) is 5.84. The largest absolute Gasteiger partial charge is 0.345 e. The highest BCUT2D eigenvalue weighted by molar-refractivity contribution is 7.13. The molecule has 35 heavy (non-hydrogen) atoms. The quantitative estimate of drug-likeness (QED) is 0.389. The van der Waals surface area contributed by atoms with Crippen LogP contribution in [0, 0.1) is 5.41 Å². The molecule has 1 N–H and O–H groups in total. The van der Waals surface area contributed by atoms with Crippen LogP contribution in [0.2, 0.25) is 0 Å². The highest BCUT2D eigenvalue weighted by Gasteiger charge is 2.48. The molecule has 1 aliphatic carbocycles. The average Bonchev–Trinajstić information content (AvgIpc) is 3.49. The number of nitrogens with one attached hydrogen (secondary N) is 1. The topological polar surface area (TPSA) is 62.3 Å². The van der Waals surface area contributed by atoms with Gasteiger partial charge >= 0.3 is 0 Å². The van der Waals surface area contributed by atoms with Crippen LogP contribution >= 0.6 is 11.3 Å². The van der Waals surface area contributed by atoms with Crippen LogP contribution in [0.25, 0.3) is 11.1 Å². The van der Waals surface area contributed by atoms with Crippen LogP contribution in [0.3, 0.4) is 0 Å². The number of benzene rings is 3. The minimum Gasteiger partial charge on any atom is -0.345 e. The second-order valence-corrected chi connectivity index (χ2v) is 10.3. The molecule has 1 aromatic heterocycles. The summed E-state index contributed by atoms with van der Waals surface area (Å²) in [5.74, 6) is -0.100. The highest BCUT2D eigenvalue weighted by Crippen LogP contribution is 2.52. The fraction of sp³-hybridized carbons (Fsp3) is 0.207. The van der Waals surface area contributed by atoms with Crippen molar-refractivity contribution in [2.75, 3.05) is 19.4 Å². The maximum atomic E-state index is 13.6. The minimum atomic E-state index is -0.657. The third kappa shape index (κ3) is 4.26. The van der Waals surface area contributed by atoms with Crippen molar-refractivity contribution in [1.82, 2.24) is 9.88 Å². The second kappa shape index (κ2) is 9.12. The van der Waals surface area contributed by atoms with E-state index in [0.717, 1.165) is 16.7 Å². The summed E-state index contributed by atoms with van der Waals surface area (Å²) in [6.07, 6.45) is 2.33. The Balaban J connectivity index is 1.51. The van der Waals surface area contributed by atoms with Crippen molar-refractivity contribution in [3.05, 3.63) is 107 Å². The second-order valence-electron chi connectivity index (χ2n) is 9.42. The van der Waals surface area contributed by atoms with Crippen LogP contribution in [-0.2, 0) is 11.2 Å². The van der Waals surface area contributed by atoms with Gasteiger partial charge in [-0.15, -0.1) is 11.3 Å². The average molecular weight is 482 g/mol. The van der Waals surface area contributed by atoms with Gasteiger partial charge in [-0.1, -0.05) is 60.7 Å². The van der Waals surface area contributed by atoms with E-state index in [9.17, 15) is 9.59 Å². The van der Waals surface area contributed by atoms with Crippen molar-refractivity contribution in [2.24, 2.45) is 5.41 Å². The number of amides is 2. The molecule has 0 saturated heterocycles. The molecular weight excluding hydrogens is 454 g/mol. The van der Waals surface area contributed by atoms with E-state index in [0.29, 0.717) is 17.1 Å². The highest BCUT2D eigenvalue weighted by atomic mass is 32.1. The Hall–Kier alpha value is -3.77. The fourth-order valence-corrected chi connectivity index (χ4v) is 5.58. The third-order valence-corrected chi connectivity index (χ3v) is 7.51. The molecule has 0 bridgehead atoms. The number of rotatable bonds is 5. The Kier molecular flexibility index (Phi) is 5.99. The number of nitrogens with zero attached hydrogens (tertiary/aromatic N) is 2. The first-order valence-corrected chi connectivity index (χ1v) is 12.5. The molecule has 5 nitrogen and oxygen atoms in total. The van der Waals surface area contributed by atoms with Gasteiger partial charge in [-0.25, -0.2) is 4.98 Å². The molecule has 1 heterocycles. The predicted molar refractivity (Wildman–Crippen MR) is 141 cm³/mol. The summed E-state index contributed by atoms with van der Waals surface area (Å²) >= 11 is 1.42. The van der Waals surface area contributed by atoms with Crippen LogP contribution in [0.15, 0.2) is 84.4 Å². The molecule has 0 spiro atoms. The molecule has 2 atom stereocenters. The van der Waals surface area contributed by atoms with Crippen molar-refractivity contribution < 1.29 is 9.59 Å². The first-order chi connectivity index (χ1) is 16.9. The summed E-state index contributed by atoms with van der Waals surface area (Å²) in [6, 6.07) is 24.4. The van der Waals surface area contributed by atoms with Gasteiger partial charge in [0.15, 0.2) is 5.13 Å². The summed E-state index contributed by atoms with van der Waals surface area (Å²) < 4.78 is 0. The van der Waals surface area contributed by atoms with Crippen LogP contribution in [0.1, 0.15) is 39.9 Å². The van der Waals surface area contributed by atoms with Gasteiger partial charge in [0.2, 0.25) is 5.91 Å². The lowest BCUT2D eigenvalue weighted by Gasteiger charge is -2.30. The lowest BCUT2D eigenvalue weighted by molar-refractivity contribution is -0.125. The van der Waals surface area contributed by atoms with E-state index < -0.39 is 5.41 Å². The van der Waals surface area contributed by atoms with Gasteiger partial charge in [0.1, 0.15) is 0 Å². The number of fused-ring (bicyclic) bond motifs is 1. The SMILES string of the molecule is CN(C)C(=O)c1ccc(-c2ccc3c(c2)C[C@@](C)(C(=O)Nc2nccs2)[C@H]3c2ccccc2)cc1. The van der Waals surface area contributed by atoms with Gasteiger partial charge in [-0.3, -0.25) is 9.59 Å². The summed E-state index contributed by atoms with van der Waals surface area (Å²) in [5.41, 5.74) is 5.59. The zero-order valence-corrected chi connectivity index (χ0v) is 20.8. The number of hydrogen-bond donors (Lipinski definition) is 1. The lowest BCUT2D eigenvalue weighted by Crippen LogP contribution is -2.37. The molecule has 1 aliphatic rings. The molecule has 0 saturated carbocycles. The van der Waals surface area contributed by atoms with Crippen LogP contribution in [0.4, 0.5) is 5.13 Å². The zero-order chi connectivity index (χ0) is 24.6. The molecule has 176 valence electrons. The molecule has 6 heteroatoms. The summed E-state index contributed by atoms with van der Waals surface area (Å²) in [4.78, 5) is 31.7. The van der Waals surface area contributed by atoms with Gasteiger partial charge in [0.25, 0.3) is 5.91 Å². The Morgan fingerprint density at radius 3 is 2.37 bits per heavy atom. The normalized spacial score (nSPS) is 18.7. The molecular formula is C29H27N3O2S. The van der Waals surface area contributed by atoms with E-state index in [-0.39, 0.29) is 17.7 Å². The summed E-state index contributed by atoms with van der Waals surface area (Å²) in [7, 11) is 3.50. The van der Waals surface area contributed by atoms with Crippen molar-refractivity contribution >= 4 is 28.3 Å². The number of anilines is 1. The van der Waals surface area contributed by atoms with Crippen LogP contribution in [0.5, 0.6) is 0 Å². The van der Waals surface area contributed by atoms with E-state index in [1.54, 1.807) is 25.2 Å². The monoisotopic (exact) mass is 481 g/mol. The molecule has 0 aliphatic heterocycles. The first kappa shape index (κ1) is 23.0. The first-order valence-electron chi connectivity index (χ1n) is 11.6. The molecule has 3 aromatic carbocycles. The van der Waals surface area contributed by atoms with E-state index in [1.165, 1.54) is 22.5 Å². The minimum absolute atomic E-state index is 0.0155. The number of aromatic nitrogens is 1. The smallest absolute Gasteiger partial charge is 0.253 e. The number of hydrogen-bond acceptors (Lipinski definition) is 4. The van der Waals surface area contributed by atoms with Gasteiger partial charge < -0.3 is 10.2 Å². The standard InChI is InChI=1S/C29H27N3O2S/c1-29(27(34)31-28-30-15-16-35-28)18-23-17-22(19-9-11-21(12-10-19)26(33)32(2)3)13-14-24(23)25(29)20-7-5-4-6-8-20/h4-17,25H,18H2,1-3H3,(H,30,31,34)/t25-,29+/m0/s1. The third-order valence-electron chi connectivity index (χ3n) is 6.82. The molecule has 4 aromatic rings. The summed E-state index contributed by atoms with van der Waals surface area (Å²) in [6.45, 7) is 2.05. The van der Waals surface area contributed by atoms with E-state index in [2.05, 4.69) is 47.6 Å². The van der Waals surface area contributed by atoms with Crippen LogP contribution in [-0.4, -0.2) is 35.8 Å². The number of carbonyl (C=O) groups excluding carboxylic acids is 2. The molecule has 0 fully saturated rings. The molecule has 2 amide bonds. The Morgan fingerprint density at radius 2 is 1.71 bits per heavy atom. The number of thiazole rings is 1. The van der Waals surface area contributed by atoms with Crippen molar-refractivity contribution in [3.8, 4) is 11.1 Å². The van der Waals surface area contributed by atoms with Crippen molar-refractivity contribution in [3.63, 3.8) is 0 Å². The number of carbonyl (C=O) groups is 2. The molecule has 0 unspecified atom stereocenters. The Morgan fingerprint density at radius 1 is 1.00 bits per heavy atom. The van der Waals surface area contributed by atoms with Crippen molar-refractivity contribution in [1.29, 1.82) is 0 Å². The summed E-state index contributed by atoms with van der Waals surface area (Å²) in [5, 5.41) is 5.52. The fourth-order valence-electron chi connectivity index (χ4n) is 5.05. The van der Waals surface area contributed by atoms with Gasteiger partial charge in [0.05, 0.1) is 5.41 Å². The Labute approximate surface area is 209 Å². The van der Waals surface area contributed by atoms with Gasteiger partial charge in [-0.2, -0.15) is 0 Å². The van der Waals surface area contributed by atoms with Crippen LogP contribution < -0.4 is 5.32 Å². The van der Waals surface area contributed by atoms with E-state index >= 15 is 0 Å². The molecule has 5 rings (SSSR count). The van der Waals surface area contributed by atoms with Gasteiger partial charge in [0, 0.05) is 37.2 Å². The van der Waals surface area contributed by atoms with Gasteiger partial charge in [-0.05, 0) is 53.3 Å². The molecule has 0 radical (unpaired) electrons. The maximum Gasteiger partial charge on any atom is 0.253 e. The zero-order valence-electron chi connectivity index (χ0n) is 20.0. The lowest BCUT2D eigenvalue weighted by atomic mass is 9.73.